The van der Waals surface area contributed by atoms with Gasteiger partial charge in [0.1, 0.15) is 5.75 Å². The minimum Gasteiger partial charge on any atom is -0.508 e. The summed E-state index contributed by atoms with van der Waals surface area (Å²) in [5.41, 5.74) is 1.34. The summed E-state index contributed by atoms with van der Waals surface area (Å²) < 4.78 is 0. The first-order valence-electron chi connectivity index (χ1n) is 6.98. The first-order valence-corrected chi connectivity index (χ1v) is 6.98. The first-order chi connectivity index (χ1) is 9.09. The zero-order valence-electron chi connectivity index (χ0n) is 11.4. The van der Waals surface area contributed by atoms with Crippen LogP contribution in [0, 0.1) is 5.92 Å². The molecule has 0 aromatic heterocycles. The van der Waals surface area contributed by atoms with Gasteiger partial charge in [-0.15, -0.1) is 0 Å². The van der Waals surface area contributed by atoms with Gasteiger partial charge in [0, 0.05) is 17.8 Å². The van der Waals surface area contributed by atoms with Crippen LogP contribution >= 0.6 is 0 Å². The molecule has 4 nitrogen and oxygen atoms in total. The third-order valence-corrected chi connectivity index (χ3v) is 4.76. The molecule has 0 saturated carbocycles. The van der Waals surface area contributed by atoms with Crippen LogP contribution in [0.1, 0.15) is 32.3 Å². The number of aromatic hydroxyl groups is 1. The number of nitrogens with one attached hydrogen (secondary N) is 2. The van der Waals surface area contributed by atoms with E-state index in [1.807, 2.05) is 6.07 Å². The topological polar surface area (TPSA) is 61.4 Å². The van der Waals surface area contributed by atoms with E-state index in [0.717, 1.165) is 30.6 Å². The molecule has 1 spiro atoms. The molecule has 1 amide bonds. The zero-order valence-corrected chi connectivity index (χ0v) is 11.4. The molecule has 1 aromatic carbocycles. The Kier molecular flexibility index (Phi) is 2.78. The summed E-state index contributed by atoms with van der Waals surface area (Å²) in [5.74, 6) is 0.707. The van der Waals surface area contributed by atoms with E-state index in [2.05, 4.69) is 24.5 Å². The highest BCUT2D eigenvalue weighted by Crippen LogP contribution is 2.48. The number of carbonyl (C=O) groups is 1. The molecule has 4 heteroatoms. The van der Waals surface area contributed by atoms with E-state index < -0.39 is 5.41 Å². The quantitative estimate of drug-likeness (QED) is 0.762. The molecule has 0 bridgehead atoms. The molecule has 102 valence electrons. The van der Waals surface area contributed by atoms with Crippen LogP contribution in [-0.4, -0.2) is 23.6 Å². The number of amides is 1. The van der Waals surface area contributed by atoms with E-state index in [0.29, 0.717) is 5.92 Å². The number of fused-ring (bicyclic) bond motifs is 2. The lowest BCUT2D eigenvalue weighted by molar-refractivity contribution is -0.121. The van der Waals surface area contributed by atoms with Crippen molar-refractivity contribution in [2.24, 2.45) is 5.92 Å². The Labute approximate surface area is 113 Å². The lowest BCUT2D eigenvalue weighted by Gasteiger charge is -2.33. The van der Waals surface area contributed by atoms with Crippen LogP contribution in [0.15, 0.2) is 18.2 Å². The van der Waals surface area contributed by atoms with Gasteiger partial charge >= 0.3 is 0 Å². The number of hydrogen-bond donors (Lipinski definition) is 3. The molecule has 2 aliphatic rings. The normalized spacial score (nSPS) is 30.4. The van der Waals surface area contributed by atoms with Crippen molar-refractivity contribution < 1.29 is 9.90 Å². The van der Waals surface area contributed by atoms with Gasteiger partial charge in [0.2, 0.25) is 5.91 Å². The number of anilines is 1. The van der Waals surface area contributed by atoms with Crippen LogP contribution in [0.5, 0.6) is 5.75 Å². The average Bonchev–Trinajstić information content (AvgIpc) is 2.93. The summed E-state index contributed by atoms with van der Waals surface area (Å²) in [6, 6.07) is 5.38. The van der Waals surface area contributed by atoms with E-state index in [1.54, 1.807) is 12.1 Å². The van der Waals surface area contributed by atoms with Gasteiger partial charge in [-0.05, 0) is 30.5 Å². The SMILES string of the molecule is CCC(C)C1NCCC12C(=O)Nc1cc(O)ccc12. The molecule has 3 rings (SSSR count). The lowest BCUT2D eigenvalue weighted by atomic mass is 9.70. The monoisotopic (exact) mass is 260 g/mol. The number of phenols is 1. The third-order valence-electron chi connectivity index (χ3n) is 4.76. The summed E-state index contributed by atoms with van der Waals surface area (Å²) in [5, 5.41) is 16.0. The van der Waals surface area contributed by atoms with Crippen molar-refractivity contribution in [1.29, 1.82) is 0 Å². The predicted molar refractivity (Wildman–Crippen MR) is 74.3 cm³/mol. The van der Waals surface area contributed by atoms with Gasteiger partial charge in [0.15, 0.2) is 0 Å². The first kappa shape index (κ1) is 12.5. The Bertz CT molecular complexity index is 529. The van der Waals surface area contributed by atoms with Gasteiger partial charge in [-0.2, -0.15) is 0 Å². The molecule has 0 radical (unpaired) electrons. The lowest BCUT2D eigenvalue weighted by Crippen LogP contribution is -2.49. The maximum absolute atomic E-state index is 12.6. The van der Waals surface area contributed by atoms with Crippen molar-refractivity contribution in [1.82, 2.24) is 5.32 Å². The van der Waals surface area contributed by atoms with Crippen molar-refractivity contribution in [2.75, 3.05) is 11.9 Å². The smallest absolute Gasteiger partial charge is 0.236 e. The van der Waals surface area contributed by atoms with Crippen molar-refractivity contribution in [3.05, 3.63) is 23.8 Å². The average molecular weight is 260 g/mol. The second-order valence-electron chi connectivity index (χ2n) is 5.72. The predicted octanol–water partition coefficient (Wildman–Crippen LogP) is 1.99. The Morgan fingerprint density at radius 2 is 2.32 bits per heavy atom. The fourth-order valence-corrected chi connectivity index (χ4v) is 3.61. The summed E-state index contributed by atoms with van der Waals surface area (Å²) >= 11 is 0. The van der Waals surface area contributed by atoms with E-state index in [9.17, 15) is 9.90 Å². The molecule has 3 N–H and O–H groups in total. The van der Waals surface area contributed by atoms with Crippen molar-refractivity contribution in [3.63, 3.8) is 0 Å². The molecule has 1 fully saturated rings. The maximum Gasteiger partial charge on any atom is 0.236 e. The number of hydrogen-bond acceptors (Lipinski definition) is 3. The van der Waals surface area contributed by atoms with Crippen LogP contribution in [0.4, 0.5) is 5.69 Å². The molecule has 0 aliphatic carbocycles. The second kappa shape index (κ2) is 4.23. The van der Waals surface area contributed by atoms with E-state index in [1.165, 1.54) is 0 Å². The largest absolute Gasteiger partial charge is 0.508 e. The second-order valence-corrected chi connectivity index (χ2v) is 5.72. The van der Waals surface area contributed by atoms with Crippen molar-refractivity contribution >= 4 is 11.6 Å². The summed E-state index contributed by atoms with van der Waals surface area (Å²) in [4.78, 5) is 12.6. The summed E-state index contributed by atoms with van der Waals surface area (Å²) in [6.45, 7) is 5.21. The summed E-state index contributed by atoms with van der Waals surface area (Å²) in [6.07, 6.45) is 1.87. The highest BCUT2D eigenvalue weighted by atomic mass is 16.3. The summed E-state index contributed by atoms with van der Waals surface area (Å²) in [7, 11) is 0. The molecular formula is C15H20N2O2. The van der Waals surface area contributed by atoms with Crippen molar-refractivity contribution in [2.45, 2.75) is 38.1 Å². The van der Waals surface area contributed by atoms with Crippen LogP contribution in [0.25, 0.3) is 0 Å². The number of phenolic OH excluding ortho intramolecular Hbond substituents is 1. The molecule has 2 aliphatic heterocycles. The van der Waals surface area contributed by atoms with Crippen LogP contribution in [0.2, 0.25) is 0 Å². The van der Waals surface area contributed by atoms with E-state index in [4.69, 9.17) is 0 Å². The molecule has 3 unspecified atom stereocenters. The van der Waals surface area contributed by atoms with E-state index >= 15 is 0 Å². The fraction of sp³-hybridized carbons (Fsp3) is 0.533. The van der Waals surface area contributed by atoms with Crippen LogP contribution in [-0.2, 0) is 10.2 Å². The van der Waals surface area contributed by atoms with E-state index in [-0.39, 0.29) is 17.7 Å². The standard InChI is InChI=1S/C15H20N2O2/c1-3-9(2)13-15(6-7-16-13)11-5-4-10(18)8-12(11)17-14(15)19/h4-5,8-9,13,16,18H,3,6-7H2,1-2H3,(H,17,19). The molecule has 1 saturated heterocycles. The van der Waals surface area contributed by atoms with Gasteiger partial charge in [0.25, 0.3) is 0 Å². The Morgan fingerprint density at radius 3 is 3.05 bits per heavy atom. The fourth-order valence-electron chi connectivity index (χ4n) is 3.61. The molecule has 2 heterocycles. The van der Waals surface area contributed by atoms with Crippen LogP contribution < -0.4 is 10.6 Å². The van der Waals surface area contributed by atoms with Gasteiger partial charge < -0.3 is 15.7 Å². The third kappa shape index (κ3) is 1.59. The molecule has 3 atom stereocenters. The Morgan fingerprint density at radius 1 is 1.53 bits per heavy atom. The van der Waals surface area contributed by atoms with Gasteiger partial charge in [-0.25, -0.2) is 0 Å². The zero-order chi connectivity index (χ0) is 13.6. The Hall–Kier alpha value is -1.55. The molecule has 19 heavy (non-hydrogen) atoms. The number of rotatable bonds is 2. The maximum atomic E-state index is 12.6. The Balaban J connectivity index is 2.11. The minimum absolute atomic E-state index is 0.0726. The van der Waals surface area contributed by atoms with Crippen LogP contribution in [0.3, 0.4) is 0 Å². The van der Waals surface area contributed by atoms with Crippen molar-refractivity contribution in [3.8, 4) is 5.75 Å². The number of benzene rings is 1. The van der Waals surface area contributed by atoms with Gasteiger partial charge in [-0.1, -0.05) is 26.3 Å². The van der Waals surface area contributed by atoms with Gasteiger partial charge in [-0.3, -0.25) is 4.79 Å². The highest BCUT2D eigenvalue weighted by molar-refractivity contribution is 6.07. The minimum atomic E-state index is -0.460. The highest BCUT2D eigenvalue weighted by Gasteiger charge is 2.55. The number of carbonyl (C=O) groups excluding carboxylic acids is 1. The molecule has 1 aromatic rings. The van der Waals surface area contributed by atoms with Gasteiger partial charge in [0.05, 0.1) is 5.41 Å². The molecular weight excluding hydrogens is 240 g/mol.